The molecule has 0 aliphatic heterocycles. The van der Waals surface area contributed by atoms with Crippen LogP contribution in [0.15, 0.2) is 29.2 Å². The molecule has 0 unspecified atom stereocenters. The Hall–Kier alpha value is -2.30. The summed E-state index contributed by atoms with van der Waals surface area (Å²) in [6, 6.07) is 5.29. The van der Waals surface area contributed by atoms with Crippen LogP contribution >= 0.6 is 0 Å². The van der Waals surface area contributed by atoms with E-state index >= 15 is 0 Å². The Labute approximate surface area is 142 Å². The van der Waals surface area contributed by atoms with Gasteiger partial charge in [-0.05, 0) is 37.8 Å². The number of nitrogens with one attached hydrogen (secondary N) is 1. The maximum atomic E-state index is 12.8. The Morgan fingerprint density at radius 3 is 2.42 bits per heavy atom. The average molecular weight is 329 g/mol. The van der Waals surface area contributed by atoms with Crippen molar-refractivity contribution in [3.05, 3.63) is 40.2 Å². The number of nitrogen functional groups attached to an aromatic ring is 1. The first-order chi connectivity index (χ1) is 10.9. The summed E-state index contributed by atoms with van der Waals surface area (Å²) in [5.41, 5.74) is 6.49. The number of nitrogens with two attached hydrogens (primary N) is 1. The second kappa shape index (κ2) is 5.96. The number of benzene rings is 1. The fourth-order valence-electron chi connectivity index (χ4n) is 3.46. The Kier molecular flexibility index (Phi) is 4.48. The number of rotatable bonds is 3. The molecule has 3 N–H and O–H groups in total. The number of anilines is 1. The van der Waals surface area contributed by atoms with E-state index in [0.29, 0.717) is 16.6 Å². The topological polar surface area (TPSA) is 77.1 Å². The van der Waals surface area contributed by atoms with E-state index in [2.05, 4.69) is 26.1 Å². The van der Waals surface area contributed by atoms with Gasteiger partial charge in [-0.3, -0.25) is 9.59 Å². The lowest BCUT2D eigenvalue weighted by Gasteiger charge is -2.33. The zero-order valence-electron chi connectivity index (χ0n) is 15.4. The normalized spacial score (nSPS) is 12.4. The second-order valence-corrected chi connectivity index (χ2v) is 8.30. The van der Waals surface area contributed by atoms with Crippen LogP contribution in [-0.4, -0.2) is 16.0 Å². The lowest BCUT2D eigenvalue weighted by atomic mass is 9.81. The van der Waals surface area contributed by atoms with Crippen LogP contribution in [0.25, 0.3) is 10.9 Å². The second-order valence-electron chi connectivity index (χ2n) is 8.30. The van der Waals surface area contributed by atoms with E-state index in [4.69, 9.17) is 5.73 Å². The summed E-state index contributed by atoms with van der Waals surface area (Å²) in [4.78, 5) is 25.5. The molecule has 130 valence electrons. The van der Waals surface area contributed by atoms with Gasteiger partial charge in [-0.2, -0.15) is 0 Å². The van der Waals surface area contributed by atoms with Crippen LogP contribution in [0.4, 0.5) is 5.69 Å². The highest BCUT2D eigenvalue weighted by Crippen LogP contribution is 2.27. The van der Waals surface area contributed by atoms with E-state index in [1.54, 1.807) is 29.9 Å². The fourth-order valence-corrected chi connectivity index (χ4v) is 3.46. The summed E-state index contributed by atoms with van der Waals surface area (Å²) < 4.78 is 1.76. The molecule has 0 radical (unpaired) electrons. The summed E-state index contributed by atoms with van der Waals surface area (Å²) in [5, 5.41) is 3.38. The first-order valence-electron chi connectivity index (χ1n) is 8.12. The first kappa shape index (κ1) is 18.0. The molecular weight excluding hydrogens is 302 g/mol. The molecular formula is C19H27N3O2. The molecule has 0 atom stereocenters. The van der Waals surface area contributed by atoms with Crippen LogP contribution in [-0.2, 0) is 7.05 Å². The molecule has 0 saturated heterocycles. The Bertz CT molecular complexity index is 842. The van der Waals surface area contributed by atoms with Crippen LogP contribution in [0.2, 0.25) is 0 Å². The predicted molar refractivity (Wildman–Crippen MR) is 99.2 cm³/mol. The van der Waals surface area contributed by atoms with Crippen molar-refractivity contribution in [2.75, 3.05) is 5.73 Å². The van der Waals surface area contributed by atoms with E-state index in [1.165, 1.54) is 0 Å². The largest absolute Gasteiger partial charge is 0.398 e. The van der Waals surface area contributed by atoms with Crippen LogP contribution in [0.5, 0.6) is 0 Å². The van der Waals surface area contributed by atoms with E-state index < -0.39 is 5.54 Å². The number of nitrogens with zero attached hydrogens (tertiary/aromatic N) is 1. The van der Waals surface area contributed by atoms with Crippen molar-refractivity contribution >= 4 is 22.5 Å². The molecule has 1 aromatic carbocycles. The van der Waals surface area contributed by atoms with Crippen molar-refractivity contribution in [2.24, 2.45) is 12.5 Å². The summed E-state index contributed by atoms with van der Waals surface area (Å²) in [7, 11) is 1.80. The van der Waals surface area contributed by atoms with Gasteiger partial charge in [0.2, 0.25) is 5.43 Å². The molecule has 5 heteroatoms. The van der Waals surface area contributed by atoms with E-state index in [9.17, 15) is 9.59 Å². The van der Waals surface area contributed by atoms with E-state index in [-0.39, 0.29) is 22.3 Å². The van der Waals surface area contributed by atoms with Crippen molar-refractivity contribution in [1.82, 2.24) is 9.88 Å². The van der Waals surface area contributed by atoms with Crippen LogP contribution in [0, 0.1) is 5.41 Å². The van der Waals surface area contributed by atoms with Crippen LogP contribution in [0.3, 0.4) is 0 Å². The van der Waals surface area contributed by atoms with E-state index in [1.807, 2.05) is 19.9 Å². The standard InChI is InChI=1S/C19H27N3O2/c1-18(2,3)11-19(4,5)21-17(24)12-10-22(6)14-9-7-8-13(20)15(14)16(12)23/h7-10H,11,20H2,1-6H3,(H,21,24). The fraction of sp³-hybridized carbons (Fsp3) is 0.474. The molecule has 0 aliphatic carbocycles. The smallest absolute Gasteiger partial charge is 0.257 e. The molecule has 2 aromatic rings. The van der Waals surface area contributed by atoms with Crippen molar-refractivity contribution < 1.29 is 4.79 Å². The molecule has 0 spiro atoms. The summed E-state index contributed by atoms with van der Waals surface area (Å²) in [6.45, 7) is 10.3. The highest BCUT2D eigenvalue weighted by molar-refractivity contribution is 6.00. The third kappa shape index (κ3) is 3.78. The number of aromatic nitrogens is 1. The lowest BCUT2D eigenvalue weighted by molar-refractivity contribution is 0.0890. The van der Waals surface area contributed by atoms with Crippen molar-refractivity contribution in [3.8, 4) is 0 Å². The van der Waals surface area contributed by atoms with Gasteiger partial charge in [-0.1, -0.05) is 26.8 Å². The molecule has 0 fully saturated rings. The first-order valence-corrected chi connectivity index (χ1v) is 8.12. The molecule has 0 aliphatic rings. The van der Waals surface area contributed by atoms with E-state index in [0.717, 1.165) is 6.42 Å². The number of hydrogen-bond acceptors (Lipinski definition) is 3. The summed E-state index contributed by atoms with van der Waals surface area (Å²) in [6.07, 6.45) is 2.37. The van der Waals surface area contributed by atoms with Gasteiger partial charge in [-0.25, -0.2) is 0 Å². The third-order valence-corrected chi connectivity index (χ3v) is 3.92. The van der Waals surface area contributed by atoms with Gasteiger partial charge in [-0.15, -0.1) is 0 Å². The summed E-state index contributed by atoms with van der Waals surface area (Å²) >= 11 is 0. The molecule has 1 aromatic heterocycles. The zero-order chi connectivity index (χ0) is 18.3. The van der Waals surface area contributed by atoms with Gasteiger partial charge < -0.3 is 15.6 Å². The summed E-state index contributed by atoms with van der Waals surface area (Å²) in [5.74, 6) is -0.366. The lowest BCUT2D eigenvalue weighted by Crippen LogP contribution is -2.47. The number of fused-ring (bicyclic) bond motifs is 1. The molecule has 1 amide bonds. The van der Waals surface area contributed by atoms with Gasteiger partial charge >= 0.3 is 0 Å². The van der Waals surface area contributed by atoms with Crippen molar-refractivity contribution in [2.45, 2.75) is 46.6 Å². The predicted octanol–water partition coefficient (Wildman–Crippen LogP) is 3.07. The third-order valence-electron chi connectivity index (χ3n) is 3.92. The minimum Gasteiger partial charge on any atom is -0.398 e. The van der Waals surface area contributed by atoms with Crippen molar-refractivity contribution in [1.29, 1.82) is 0 Å². The van der Waals surface area contributed by atoms with Crippen LogP contribution in [0.1, 0.15) is 51.4 Å². The quantitative estimate of drug-likeness (QED) is 0.850. The minimum atomic E-state index is -0.419. The molecule has 0 bridgehead atoms. The Morgan fingerprint density at radius 1 is 1.21 bits per heavy atom. The zero-order valence-corrected chi connectivity index (χ0v) is 15.4. The van der Waals surface area contributed by atoms with Crippen molar-refractivity contribution in [3.63, 3.8) is 0 Å². The van der Waals surface area contributed by atoms with Gasteiger partial charge in [0.25, 0.3) is 5.91 Å². The highest BCUT2D eigenvalue weighted by Gasteiger charge is 2.28. The highest BCUT2D eigenvalue weighted by atomic mass is 16.2. The van der Waals surface area contributed by atoms with Gasteiger partial charge in [0.05, 0.1) is 10.9 Å². The average Bonchev–Trinajstić information content (AvgIpc) is 2.39. The van der Waals surface area contributed by atoms with Gasteiger partial charge in [0.15, 0.2) is 0 Å². The monoisotopic (exact) mass is 329 g/mol. The minimum absolute atomic E-state index is 0.0650. The van der Waals surface area contributed by atoms with Gasteiger partial charge in [0.1, 0.15) is 5.56 Å². The maximum Gasteiger partial charge on any atom is 0.257 e. The molecule has 2 rings (SSSR count). The molecule has 24 heavy (non-hydrogen) atoms. The number of carbonyl (C=O) groups excluding carboxylic acids is 1. The van der Waals surface area contributed by atoms with Crippen LogP contribution < -0.4 is 16.5 Å². The molecule has 1 heterocycles. The number of hydrogen-bond donors (Lipinski definition) is 2. The maximum absolute atomic E-state index is 12.8. The molecule has 0 saturated carbocycles. The number of amides is 1. The Morgan fingerprint density at radius 2 is 1.83 bits per heavy atom. The molecule has 5 nitrogen and oxygen atoms in total. The van der Waals surface area contributed by atoms with Gasteiger partial charge in [0, 0.05) is 24.5 Å². The number of carbonyl (C=O) groups is 1. The SMILES string of the molecule is Cn1cc(C(=O)NC(C)(C)CC(C)(C)C)c(=O)c2c(N)cccc21. The number of aryl methyl sites for hydroxylation is 1. The Balaban J connectivity index is 2.46. The number of pyridine rings is 1.